The fourth-order valence-corrected chi connectivity index (χ4v) is 6.62. The summed E-state index contributed by atoms with van der Waals surface area (Å²) in [6.45, 7) is 8.40. The topological polar surface area (TPSA) is 90.2 Å². The van der Waals surface area contributed by atoms with Crippen molar-refractivity contribution in [3.05, 3.63) is 133 Å². The standard InChI is InChI=1S/C34H29N3O5S/c1-4-20-36-25-15-11-10-14-24(25)26(31(36)38)30-32(39)37-29(22-16-18-23(19-17-22)41-5-2)27(33(40)42-6-3)28(35-34(37)43-30)21-12-8-7-9-13-21/h4,7-19,29H,1,5-6,20H2,2-3H3/b30-26-/t29-/m0/s1. The first-order valence-electron chi connectivity index (χ1n) is 14.0. The van der Waals surface area contributed by atoms with Crippen LogP contribution in [0.15, 0.2) is 107 Å². The maximum absolute atomic E-state index is 14.4. The number of carbonyl (C=O) groups excluding carboxylic acids is 2. The minimum absolute atomic E-state index is 0.152. The van der Waals surface area contributed by atoms with E-state index in [1.807, 2.05) is 85.8 Å². The van der Waals surface area contributed by atoms with Crippen LogP contribution in [0.25, 0.3) is 11.3 Å². The highest BCUT2D eigenvalue weighted by Gasteiger charge is 2.38. The Kier molecular flexibility index (Phi) is 7.65. The Labute approximate surface area is 252 Å². The lowest BCUT2D eigenvalue weighted by atomic mass is 9.93. The summed E-state index contributed by atoms with van der Waals surface area (Å²) in [5.41, 5.74) is 3.35. The molecule has 0 bridgehead atoms. The van der Waals surface area contributed by atoms with E-state index in [0.29, 0.717) is 57.4 Å². The molecule has 0 spiro atoms. The molecule has 0 saturated carbocycles. The molecule has 0 saturated heterocycles. The molecule has 2 aliphatic heterocycles. The number of anilines is 1. The van der Waals surface area contributed by atoms with Crippen LogP contribution in [0.1, 0.15) is 36.6 Å². The third-order valence-electron chi connectivity index (χ3n) is 7.32. The van der Waals surface area contributed by atoms with Crippen LogP contribution in [0.2, 0.25) is 0 Å². The van der Waals surface area contributed by atoms with Crippen molar-refractivity contribution in [2.45, 2.75) is 19.9 Å². The minimum Gasteiger partial charge on any atom is -0.494 e. The molecule has 1 aromatic heterocycles. The van der Waals surface area contributed by atoms with Gasteiger partial charge in [-0.2, -0.15) is 0 Å². The van der Waals surface area contributed by atoms with Crippen molar-refractivity contribution in [3.63, 3.8) is 0 Å². The van der Waals surface area contributed by atoms with Crippen LogP contribution in [0.3, 0.4) is 0 Å². The van der Waals surface area contributed by atoms with E-state index in [9.17, 15) is 14.4 Å². The highest BCUT2D eigenvalue weighted by molar-refractivity contribution is 7.07. The maximum Gasteiger partial charge on any atom is 0.338 e. The number of thiazole rings is 1. The number of aromatic nitrogens is 1. The van der Waals surface area contributed by atoms with Crippen LogP contribution in [0.4, 0.5) is 5.69 Å². The SMILES string of the molecule is C=CCN1C(=O)/C(=c2\sc3n(c2=O)[C@@H](c2ccc(OCC)cc2)C(C(=O)OCC)=C(c2ccccc2)N=3)c2ccccc21. The number of ether oxygens (including phenoxy) is 2. The maximum atomic E-state index is 14.4. The second-order valence-corrected chi connectivity index (χ2v) is 10.8. The second kappa shape index (κ2) is 11.7. The fraction of sp³-hybridized carbons (Fsp3) is 0.176. The van der Waals surface area contributed by atoms with Crippen LogP contribution in [0.5, 0.6) is 5.75 Å². The molecule has 1 amide bonds. The molecule has 4 aromatic rings. The Morgan fingerprint density at radius 3 is 2.40 bits per heavy atom. The zero-order chi connectivity index (χ0) is 30.1. The Morgan fingerprint density at radius 1 is 0.977 bits per heavy atom. The Bertz CT molecular complexity index is 1960. The number of hydrogen-bond donors (Lipinski definition) is 0. The molecular formula is C34H29N3O5S. The third-order valence-corrected chi connectivity index (χ3v) is 8.37. The summed E-state index contributed by atoms with van der Waals surface area (Å²) in [6, 6.07) is 23.2. The molecule has 0 unspecified atom stereocenters. The van der Waals surface area contributed by atoms with Crippen LogP contribution < -0.4 is 24.5 Å². The van der Waals surface area contributed by atoms with Crippen LogP contribution in [-0.2, 0) is 14.3 Å². The number of esters is 1. The Morgan fingerprint density at radius 2 is 1.70 bits per heavy atom. The highest BCUT2D eigenvalue weighted by atomic mass is 32.1. The average Bonchev–Trinajstić information content (AvgIpc) is 3.50. The van der Waals surface area contributed by atoms with Gasteiger partial charge < -0.3 is 14.4 Å². The van der Waals surface area contributed by atoms with E-state index in [2.05, 4.69) is 6.58 Å². The molecule has 43 heavy (non-hydrogen) atoms. The average molecular weight is 592 g/mol. The monoisotopic (exact) mass is 591 g/mol. The lowest BCUT2D eigenvalue weighted by Crippen LogP contribution is -2.41. The van der Waals surface area contributed by atoms with E-state index in [1.165, 1.54) is 4.57 Å². The molecule has 0 radical (unpaired) electrons. The molecule has 3 heterocycles. The fourth-order valence-electron chi connectivity index (χ4n) is 5.53. The molecule has 6 rings (SSSR count). The summed E-state index contributed by atoms with van der Waals surface area (Å²) in [4.78, 5) is 48.8. The van der Waals surface area contributed by atoms with Gasteiger partial charge in [0.15, 0.2) is 4.80 Å². The summed E-state index contributed by atoms with van der Waals surface area (Å²) < 4.78 is 13.0. The van der Waals surface area contributed by atoms with Gasteiger partial charge in [0.2, 0.25) is 0 Å². The van der Waals surface area contributed by atoms with Gasteiger partial charge in [0.05, 0.1) is 41.8 Å². The third kappa shape index (κ3) is 4.81. The number of nitrogens with zero attached hydrogens (tertiary/aromatic N) is 3. The van der Waals surface area contributed by atoms with Gasteiger partial charge in [0.25, 0.3) is 11.5 Å². The van der Waals surface area contributed by atoms with Crippen molar-refractivity contribution in [2.24, 2.45) is 4.99 Å². The smallest absolute Gasteiger partial charge is 0.338 e. The number of benzene rings is 3. The molecular weight excluding hydrogens is 562 g/mol. The molecule has 3 aromatic carbocycles. The Hall–Kier alpha value is -5.02. The van der Waals surface area contributed by atoms with Gasteiger partial charge in [-0.1, -0.05) is 78.1 Å². The quantitative estimate of drug-likeness (QED) is 0.226. The first-order valence-corrected chi connectivity index (χ1v) is 14.9. The number of rotatable bonds is 8. The lowest BCUT2D eigenvalue weighted by molar-refractivity contribution is -0.138. The van der Waals surface area contributed by atoms with E-state index in [0.717, 1.165) is 11.3 Å². The number of hydrogen-bond acceptors (Lipinski definition) is 7. The summed E-state index contributed by atoms with van der Waals surface area (Å²) in [7, 11) is 0. The summed E-state index contributed by atoms with van der Waals surface area (Å²) in [6.07, 6.45) is 1.66. The van der Waals surface area contributed by atoms with Crippen LogP contribution in [-0.4, -0.2) is 36.2 Å². The van der Waals surface area contributed by atoms with E-state index in [4.69, 9.17) is 14.5 Å². The minimum atomic E-state index is -0.855. The Balaban J connectivity index is 1.68. The molecule has 1 atom stereocenters. The molecule has 2 aliphatic rings. The van der Waals surface area contributed by atoms with Gasteiger partial charge in [0, 0.05) is 17.7 Å². The van der Waals surface area contributed by atoms with Crippen molar-refractivity contribution in [1.82, 2.24) is 4.57 Å². The van der Waals surface area contributed by atoms with Gasteiger partial charge in [-0.25, -0.2) is 9.79 Å². The van der Waals surface area contributed by atoms with Crippen molar-refractivity contribution >= 4 is 40.2 Å². The lowest BCUT2D eigenvalue weighted by Gasteiger charge is -2.26. The van der Waals surface area contributed by atoms with E-state index < -0.39 is 17.6 Å². The first kappa shape index (κ1) is 28.1. The normalized spacial score (nSPS) is 16.8. The van der Waals surface area contributed by atoms with Crippen molar-refractivity contribution in [2.75, 3.05) is 24.7 Å². The van der Waals surface area contributed by atoms with Crippen LogP contribution in [0, 0.1) is 0 Å². The van der Waals surface area contributed by atoms with E-state index in [-0.39, 0.29) is 22.6 Å². The number of para-hydroxylation sites is 1. The van der Waals surface area contributed by atoms with E-state index in [1.54, 1.807) is 17.9 Å². The van der Waals surface area contributed by atoms with Gasteiger partial charge in [-0.05, 0) is 37.6 Å². The van der Waals surface area contributed by atoms with Crippen molar-refractivity contribution in [1.29, 1.82) is 0 Å². The number of amides is 1. The number of fused-ring (bicyclic) bond motifs is 2. The van der Waals surface area contributed by atoms with Gasteiger partial charge >= 0.3 is 5.97 Å². The summed E-state index contributed by atoms with van der Waals surface area (Å²) in [5, 5.41) is 0. The summed E-state index contributed by atoms with van der Waals surface area (Å²) in [5.74, 6) is -0.181. The molecule has 216 valence electrons. The van der Waals surface area contributed by atoms with Crippen LogP contribution >= 0.6 is 11.3 Å². The van der Waals surface area contributed by atoms with E-state index >= 15 is 0 Å². The highest BCUT2D eigenvalue weighted by Crippen LogP contribution is 2.37. The molecule has 0 N–H and O–H groups in total. The van der Waals surface area contributed by atoms with Gasteiger partial charge in [0.1, 0.15) is 10.3 Å². The zero-order valence-electron chi connectivity index (χ0n) is 23.8. The second-order valence-electron chi connectivity index (χ2n) is 9.85. The number of carbonyl (C=O) groups is 2. The molecule has 0 fully saturated rings. The predicted octanol–water partition coefficient (Wildman–Crippen LogP) is 4.24. The molecule has 8 nitrogen and oxygen atoms in total. The molecule has 0 aliphatic carbocycles. The molecule has 9 heteroatoms. The van der Waals surface area contributed by atoms with Gasteiger partial charge in [-0.3, -0.25) is 14.2 Å². The first-order chi connectivity index (χ1) is 21.0. The van der Waals surface area contributed by atoms with Crippen molar-refractivity contribution < 1.29 is 19.1 Å². The van der Waals surface area contributed by atoms with Gasteiger partial charge in [-0.15, -0.1) is 6.58 Å². The predicted molar refractivity (Wildman–Crippen MR) is 167 cm³/mol. The summed E-state index contributed by atoms with van der Waals surface area (Å²) >= 11 is 1.14. The largest absolute Gasteiger partial charge is 0.494 e. The van der Waals surface area contributed by atoms with Crippen molar-refractivity contribution in [3.8, 4) is 5.75 Å². The zero-order valence-corrected chi connectivity index (χ0v) is 24.6.